The average molecular weight is 332 g/mol. The monoisotopic (exact) mass is 332 g/mol. The lowest BCUT2D eigenvalue weighted by Crippen LogP contribution is -2.49. The number of carboxylic acid groups (broad SMARTS) is 1. The van der Waals surface area contributed by atoms with Gasteiger partial charge in [-0.3, -0.25) is 9.59 Å². The molecule has 0 bridgehead atoms. The van der Waals surface area contributed by atoms with Crippen LogP contribution in [0.4, 0.5) is 0 Å². The molecule has 2 rings (SSSR count). The average Bonchev–Trinajstić information content (AvgIpc) is 2.99. The molecule has 0 atom stereocenters. The molecule has 1 aliphatic carbocycles. The number of amides is 1. The van der Waals surface area contributed by atoms with E-state index in [0.29, 0.717) is 29.9 Å². The van der Waals surface area contributed by atoms with Gasteiger partial charge >= 0.3 is 5.97 Å². The molecular formula is C17H20N2O5. The van der Waals surface area contributed by atoms with Crippen molar-refractivity contribution in [1.82, 2.24) is 5.32 Å². The molecule has 0 aliphatic heterocycles. The molecule has 1 amide bonds. The van der Waals surface area contributed by atoms with Crippen molar-refractivity contribution in [2.45, 2.75) is 37.6 Å². The summed E-state index contributed by atoms with van der Waals surface area (Å²) >= 11 is 0. The van der Waals surface area contributed by atoms with Crippen LogP contribution in [0, 0.1) is 11.3 Å². The van der Waals surface area contributed by atoms with Crippen LogP contribution in [0.1, 0.15) is 37.7 Å². The molecule has 1 aromatic carbocycles. The Morgan fingerprint density at radius 2 is 2.04 bits per heavy atom. The van der Waals surface area contributed by atoms with E-state index in [4.69, 9.17) is 19.8 Å². The van der Waals surface area contributed by atoms with Gasteiger partial charge in [0.2, 0.25) is 0 Å². The highest BCUT2D eigenvalue weighted by molar-refractivity contribution is 5.80. The molecule has 1 saturated carbocycles. The smallest absolute Gasteiger partial charge is 0.305 e. The van der Waals surface area contributed by atoms with E-state index in [0.717, 1.165) is 12.8 Å². The minimum absolute atomic E-state index is 0.0844. The Balaban J connectivity index is 1.98. The number of hydrogen-bond donors (Lipinski definition) is 2. The Labute approximate surface area is 140 Å². The van der Waals surface area contributed by atoms with Gasteiger partial charge in [-0.25, -0.2) is 0 Å². The molecule has 0 heterocycles. The van der Waals surface area contributed by atoms with Gasteiger partial charge in [-0.05, 0) is 25.0 Å². The van der Waals surface area contributed by atoms with E-state index in [9.17, 15) is 9.59 Å². The number of nitrogens with zero attached hydrogens (tertiary/aromatic N) is 1. The third kappa shape index (κ3) is 4.38. The number of carbonyl (C=O) groups is 2. The Hall–Kier alpha value is -2.75. The highest BCUT2D eigenvalue weighted by Crippen LogP contribution is 2.33. The van der Waals surface area contributed by atoms with Crippen molar-refractivity contribution in [2.75, 3.05) is 13.7 Å². The first kappa shape index (κ1) is 17.6. The number of carboxylic acids is 1. The van der Waals surface area contributed by atoms with Crippen LogP contribution in [0.5, 0.6) is 11.5 Å². The largest absolute Gasteiger partial charge is 0.493 e. The fraction of sp³-hybridized carbons (Fsp3) is 0.471. The second-order valence-electron chi connectivity index (χ2n) is 5.87. The molecule has 7 heteroatoms. The zero-order chi connectivity index (χ0) is 17.6. The van der Waals surface area contributed by atoms with Crippen LogP contribution in [0.15, 0.2) is 18.2 Å². The van der Waals surface area contributed by atoms with E-state index in [1.807, 2.05) is 6.07 Å². The quantitative estimate of drug-likeness (QED) is 0.789. The predicted octanol–water partition coefficient (Wildman–Crippen LogP) is 1.85. The van der Waals surface area contributed by atoms with Crippen molar-refractivity contribution in [3.63, 3.8) is 0 Å². The molecule has 1 aromatic rings. The maximum absolute atomic E-state index is 12.2. The summed E-state index contributed by atoms with van der Waals surface area (Å²) in [6, 6.07) is 6.65. The van der Waals surface area contributed by atoms with Gasteiger partial charge < -0.3 is 19.9 Å². The second-order valence-corrected chi connectivity index (χ2v) is 5.87. The van der Waals surface area contributed by atoms with Crippen molar-refractivity contribution >= 4 is 11.9 Å². The van der Waals surface area contributed by atoms with Crippen molar-refractivity contribution in [1.29, 1.82) is 5.26 Å². The highest BCUT2D eigenvalue weighted by atomic mass is 16.5. The van der Waals surface area contributed by atoms with Crippen LogP contribution in [-0.4, -0.2) is 36.2 Å². The fourth-order valence-electron chi connectivity index (χ4n) is 3.02. The van der Waals surface area contributed by atoms with E-state index >= 15 is 0 Å². The summed E-state index contributed by atoms with van der Waals surface area (Å²) < 4.78 is 10.6. The molecule has 2 N–H and O–H groups in total. The molecule has 1 aliphatic rings. The predicted molar refractivity (Wildman–Crippen MR) is 84.8 cm³/mol. The highest BCUT2D eigenvalue weighted by Gasteiger charge is 2.37. The zero-order valence-corrected chi connectivity index (χ0v) is 13.5. The van der Waals surface area contributed by atoms with Crippen molar-refractivity contribution in [3.05, 3.63) is 23.8 Å². The lowest BCUT2D eigenvalue weighted by molar-refractivity contribution is -0.139. The number of carbonyl (C=O) groups excluding carboxylic acids is 1. The molecule has 0 spiro atoms. The topological polar surface area (TPSA) is 109 Å². The molecule has 0 unspecified atom stereocenters. The van der Waals surface area contributed by atoms with Crippen LogP contribution in [0.3, 0.4) is 0 Å². The van der Waals surface area contributed by atoms with Crippen LogP contribution < -0.4 is 14.8 Å². The molecular weight excluding hydrogens is 312 g/mol. The summed E-state index contributed by atoms with van der Waals surface area (Å²) in [6.45, 7) is -0.246. The fourth-order valence-corrected chi connectivity index (χ4v) is 3.02. The van der Waals surface area contributed by atoms with Gasteiger partial charge in [0.25, 0.3) is 5.91 Å². The van der Waals surface area contributed by atoms with Crippen molar-refractivity contribution < 1.29 is 24.2 Å². The summed E-state index contributed by atoms with van der Waals surface area (Å²) in [5.74, 6) is -0.579. The number of nitriles is 1. The number of methoxy groups -OCH3 is 1. The van der Waals surface area contributed by atoms with E-state index in [-0.39, 0.29) is 18.9 Å². The number of hydrogen-bond acceptors (Lipinski definition) is 5. The van der Waals surface area contributed by atoms with E-state index < -0.39 is 11.5 Å². The standard InChI is InChI=1S/C17H20N2O5/c1-23-14-8-12(10-18)4-5-13(14)24-11-15(20)19-17(9-16(21)22)6-2-3-7-17/h4-5,8H,2-3,6-7,9,11H2,1H3,(H,19,20)(H,21,22). The van der Waals surface area contributed by atoms with Gasteiger partial charge in [0.05, 0.1) is 30.7 Å². The van der Waals surface area contributed by atoms with Crippen molar-refractivity contribution in [2.24, 2.45) is 0 Å². The summed E-state index contributed by atoms with van der Waals surface area (Å²) in [7, 11) is 1.45. The Kier molecular flexibility index (Phi) is 5.64. The first-order chi connectivity index (χ1) is 11.5. The first-order valence-corrected chi connectivity index (χ1v) is 7.72. The molecule has 0 saturated heterocycles. The van der Waals surface area contributed by atoms with E-state index in [1.54, 1.807) is 12.1 Å². The third-order valence-electron chi connectivity index (χ3n) is 4.11. The van der Waals surface area contributed by atoms with Crippen LogP contribution in [-0.2, 0) is 9.59 Å². The van der Waals surface area contributed by atoms with Gasteiger partial charge in [-0.2, -0.15) is 5.26 Å². The van der Waals surface area contributed by atoms with Crippen LogP contribution >= 0.6 is 0 Å². The Morgan fingerprint density at radius 1 is 1.33 bits per heavy atom. The van der Waals surface area contributed by atoms with Gasteiger partial charge in [0.1, 0.15) is 0 Å². The maximum Gasteiger partial charge on any atom is 0.305 e. The molecule has 128 valence electrons. The molecule has 7 nitrogen and oxygen atoms in total. The van der Waals surface area contributed by atoms with Gasteiger partial charge in [0.15, 0.2) is 18.1 Å². The maximum atomic E-state index is 12.2. The summed E-state index contributed by atoms with van der Waals surface area (Å²) in [5.41, 5.74) is -0.254. The molecule has 1 fully saturated rings. The molecule has 0 aromatic heterocycles. The van der Waals surface area contributed by atoms with Gasteiger partial charge in [-0.15, -0.1) is 0 Å². The minimum atomic E-state index is -0.924. The summed E-state index contributed by atoms with van der Waals surface area (Å²) in [6.07, 6.45) is 3.03. The van der Waals surface area contributed by atoms with Crippen molar-refractivity contribution in [3.8, 4) is 17.6 Å². The van der Waals surface area contributed by atoms with Crippen LogP contribution in [0.25, 0.3) is 0 Å². The lowest BCUT2D eigenvalue weighted by Gasteiger charge is -2.28. The third-order valence-corrected chi connectivity index (χ3v) is 4.11. The number of benzene rings is 1. The first-order valence-electron chi connectivity index (χ1n) is 7.72. The van der Waals surface area contributed by atoms with E-state index in [1.165, 1.54) is 13.2 Å². The number of ether oxygens (including phenoxy) is 2. The summed E-state index contributed by atoms with van der Waals surface area (Å²) in [4.78, 5) is 23.2. The lowest BCUT2D eigenvalue weighted by atomic mass is 9.93. The Bertz CT molecular complexity index is 659. The zero-order valence-electron chi connectivity index (χ0n) is 13.5. The second kappa shape index (κ2) is 7.68. The number of rotatable bonds is 7. The minimum Gasteiger partial charge on any atom is -0.493 e. The van der Waals surface area contributed by atoms with E-state index in [2.05, 4.69) is 5.32 Å². The number of aliphatic carboxylic acids is 1. The summed E-state index contributed by atoms with van der Waals surface area (Å²) in [5, 5.41) is 20.7. The normalized spacial score (nSPS) is 15.3. The molecule has 24 heavy (non-hydrogen) atoms. The SMILES string of the molecule is COc1cc(C#N)ccc1OCC(=O)NC1(CC(=O)O)CCCC1. The van der Waals surface area contributed by atoms with Gasteiger partial charge in [-0.1, -0.05) is 12.8 Å². The molecule has 0 radical (unpaired) electrons. The van der Waals surface area contributed by atoms with Gasteiger partial charge in [0, 0.05) is 6.07 Å². The number of nitrogens with one attached hydrogen (secondary N) is 1. The Morgan fingerprint density at radius 3 is 2.62 bits per heavy atom. The van der Waals surface area contributed by atoms with Crippen LogP contribution in [0.2, 0.25) is 0 Å².